The molecular formula is C51H50F14N2O6. The van der Waals surface area contributed by atoms with Crippen LogP contribution < -0.4 is 5.32 Å². The maximum atomic E-state index is 13.6. The highest BCUT2D eigenvalue weighted by Gasteiger charge is 2.50. The summed E-state index contributed by atoms with van der Waals surface area (Å²) in [5, 5.41) is 22.7. The van der Waals surface area contributed by atoms with Gasteiger partial charge in [-0.15, -0.1) is 0 Å². The summed E-state index contributed by atoms with van der Waals surface area (Å²) in [6.07, 6.45) is -23.5. The first-order valence-corrected chi connectivity index (χ1v) is 23.2. The van der Waals surface area contributed by atoms with Crippen molar-refractivity contribution in [1.82, 2.24) is 10.2 Å². The molecule has 4 aliphatic rings. The number of benzene rings is 4. The van der Waals surface area contributed by atoms with Crippen LogP contribution in [-0.2, 0) is 43.8 Å². The van der Waals surface area contributed by atoms with Crippen molar-refractivity contribution in [1.29, 1.82) is 0 Å². The lowest BCUT2D eigenvalue weighted by Gasteiger charge is -2.33. The highest BCUT2D eigenvalue weighted by Crippen LogP contribution is 2.50. The van der Waals surface area contributed by atoms with Gasteiger partial charge in [-0.1, -0.05) is 24.3 Å². The molecule has 12 atom stereocenters. The fourth-order valence-corrected chi connectivity index (χ4v) is 10.9. The van der Waals surface area contributed by atoms with Crippen LogP contribution in [0.3, 0.4) is 0 Å². The van der Waals surface area contributed by atoms with E-state index >= 15 is 0 Å². The van der Waals surface area contributed by atoms with Gasteiger partial charge in [0.2, 0.25) is 5.91 Å². The number of hydrogen-bond donors (Lipinski definition) is 3. The van der Waals surface area contributed by atoms with Crippen molar-refractivity contribution in [2.24, 2.45) is 11.8 Å². The molecule has 0 aromatic heterocycles. The maximum absolute atomic E-state index is 13.6. The Balaban J connectivity index is 0.000000214. The Labute approximate surface area is 409 Å². The van der Waals surface area contributed by atoms with Crippen LogP contribution in [0.1, 0.15) is 121 Å². The van der Waals surface area contributed by atoms with E-state index in [0.29, 0.717) is 61.1 Å². The van der Waals surface area contributed by atoms with E-state index in [1.54, 1.807) is 31.3 Å². The van der Waals surface area contributed by atoms with Crippen LogP contribution in [0, 0.1) is 23.5 Å². The molecule has 2 amide bonds. The molecule has 8 nitrogen and oxygen atoms in total. The molecule has 3 N–H and O–H groups in total. The highest BCUT2D eigenvalue weighted by atomic mass is 19.4. The third-order valence-electron chi connectivity index (χ3n) is 14.4. The molecule has 4 aromatic rings. The van der Waals surface area contributed by atoms with Crippen LogP contribution in [0.2, 0.25) is 0 Å². The zero-order valence-corrected chi connectivity index (χ0v) is 39.0. The molecule has 2 saturated heterocycles. The Morgan fingerprint density at radius 1 is 0.548 bits per heavy atom. The average Bonchev–Trinajstić information content (AvgIpc) is 4.07. The van der Waals surface area contributed by atoms with Gasteiger partial charge in [-0.2, -0.15) is 52.7 Å². The van der Waals surface area contributed by atoms with Crippen molar-refractivity contribution in [3.05, 3.63) is 141 Å². The van der Waals surface area contributed by atoms with Gasteiger partial charge < -0.3 is 29.9 Å². The Morgan fingerprint density at radius 2 is 0.918 bits per heavy atom. The number of aliphatic hydroxyl groups excluding tert-OH is 2. The van der Waals surface area contributed by atoms with Crippen LogP contribution in [0.5, 0.6) is 0 Å². The summed E-state index contributed by atoms with van der Waals surface area (Å²) in [6, 6.07) is 13.2. The molecule has 0 bridgehead atoms. The van der Waals surface area contributed by atoms with E-state index in [1.165, 1.54) is 43.0 Å². The molecule has 0 unspecified atom stereocenters. The van der Waals surface area contributed by atoms with Crippen molar-refractivity contribution in [3.63, 3.8) is 0 Å². The number of carbonyl (C=O) groups is 2. The number of halogens is 14. The SMILES string of the molecule is C[C@@H](O[C@H]1CC[C@@H]([C@@H]2C[C@@H](O)C(=O)N2)[C@@H]1c1ccc(F)cc1)c1cc(C(F)(F)F)cc(C(F)(F)F)c1.C[C@@H](O[C@H]1CC[C@@H]([C@@H]2C[C@H](O)C(=O)N2C)[C@@H]1c1ccc(F)cc1)c1cc(C(F)(F)F)cc(C(F)(F)F)c1. The van der Waals surface area contributed by atoms with E-state index in [-0.39, 0.29) is 54.0 Å². The van der Waals surface area contributed by atoms with E-state index in [9.17, 15) is 81.3 Å². The van der Waals surface area contributed by atoms with Crippen molar-refractivity contribution < 1.29 is 90.7 Å². The molecule has 8 rings (SSSR count). The number of alkyl halides is 12. The minimum absolute atomic E-state index is 0.0667. The molecular weight excluding hydrogens is 1000 g/mol. The normalized spacial score (nSPS) is 27.7. The van der Waals surface area contributed by atoms with E-state index < -0.39 is 125 Å². The summed E-state index contributed by atoms with van der Waals surface area (Å²) in [4.78, 5) is 25.6. The molecule has 398 valence electrons. The maximum Gasteiger partial charge on any atom is 0.416 e. The van der Waals surface area contributed by atoms with E-state index in [2.05, 4.69) is 5.32 Å². The number of rotatable bonds is 10. The number of likely N-dealkylation sites (tertiary alicyclic amines) is 1. The number of carbonyl (C=O) groups excluding carboxylic acids is 2. The number of likely N-dealkylation sites (N-methyl/N-ethyl adjacent to an activating group) is 1. The second-order valence-corrected chi connectivity index (χ2v) is 19.1. The van der Waals surface area contributed by atoms with Gasteiger partial charge >= 0.3 is 24.7 Å². The Kier molecular flexibility index (Phi) is 16.0. The number of nitrogens with zero attached hydrogens (tertiary/aromatic N) is 1. The van der Waals surface area contributed by atoms with Gasteiger partial charge in [0.15, 0.2) is 0 Å². The summed E-state index contributed by atoms with van der Waals surface area (Å²) in [5.41, 5.74) is -4.92. The zero-order valence-electron chi connectivity index (χ0n) is 39.0. The predicted molar refractivity (Wildman–Crippen MR) is 233 cm³/mol. The molecule has 0 spiro atoms. The number of aliphatic hydroxyl groups is 2. The van der Waals surface area contributed by atoms with Crippen molar-refractivity contribution in [2.45, 2.75) is 138 Å². The largest absolute Gasteiger partial charge is 0.416 e. The van der Waals surface area contributed by atoms with E-state index in [0.717, 1.165) is 0 Å². The molecule has 0 radical (unpaired) electrons. The Bertz CT molecular complexity index is 2520. The summed E-state index contributed by atoms with van der Waals surface area (Å²) in [6.45, 7) is 2.77. The average molecular weight is 1050 g/mol. The second-order valence-electron chi connectivity index (χ2n) is 19.1. The Morgan fingerprint density at radius 3 is 1.25 bits per heavy atom. The highest BCUT2D eigenvalue weighted by molar-refractivity contribution is 5.83. The molecule has 73 heavy (non-hydrogen) atoms. The number of ether oxygens (including phenoxy) is 2. The van der Waals surface area contributed by atoms with E-state index in [4.69, 9.17) is 9.47 Å². The summed E-state index contributed by atoms with van der Waals surface area (Å²) in [5.74, 6) is -3.22. The number of nitrogens with one attached hydrogen (secondary N) is 1. The minimum Gasteiger partial charge on any atom is -0.383 e. The van der Waals surface area contributed by atoms with Crippen molar-refractivity contribution in [3.8, 4) is 0 Å². The van der Waals surface area contributed by atoms with Crippen molar-refractivity contribution >= 4 is 11.8 Å². The van der Waals surface area contributed by atoms with Crippen LogP contribution in [0.25, 0.3) is 0 Å². The Hall–Kier alpha value is -5.32. The molecule has 2 aliphatic heterocycles. The molecule has 4 aromatic carbocycles. The van der Waals surface area contributed by atoms with Crippen LogP contribution in [0.15, 0.2) is 84.9 Å². The molecule has 2 aliphatic carbocycles. The van der Waals surface area contributed by atoms with Gasteiger partial charge in [-0.05, 0) is 134 Å². The van der Waals surface area contributed by atoms with Crippen LogP contribution in [0.4, 0.5) is 61.5 Å². The fraction of sp³-hybridized carbons (Fsp3) is 0.490. The zero-order chi connectivity index (χ0) is 53.7. The summed E-state index contributed by atoms with van der Waals surface area (Å²) < 4.78 is 199. The number of amides is 2. The third kappa shape index (κ3) is 12.6. The quantitative estimate of drug-likeness (QED) is 0.137. The lowest BCUT2D eigenvalue weighted by molar-refractivity contribution is -0.145. The minimum atomic E-state index is -4.98. The first-order chi connectivity index (χ1) is 33.9. The topological polar surface area (TPSA) is 108 Å². The summed E-state index contributed by atoms with van der Waals surface area (Å²) >= 11 is 0. The molecule has 2 saturated carbocycles. The second kappa shape index (κ2) is 21.1. The lowest BCUT2D eigenvalue weighted by atomic mass is 9.82. The molecule has 2 heterocycles. The molecule has 22 heteroatoms. The van der Waals surface area contributed by atoms with Gasteiger partial charge in [0.25, 0.3) is 5.91 Å². The van der Waals surface area contributed by atoms with E-state index in [1.807, 2.05) is 0 Å². The predicted octanol–water partition coefficient (Wildman–Crippen LogP) is 11.8. The summed E-state index contributed by atoms with van der Waals surface area (Å²) in [7, 11) is 1.57. The van der Waals surface area contributed by atoms with Crippen LogP contribution in [-0.4, -0.2) is 70.5 Å². The van der Waals surface area contributed by atoms with Gasteiger partial charge in [0.1, 0.15) is 23.8 Å². The molecule has 4 fully saturated rings. The standard InChI is InChI=1S/C26H26F7NO3.C25H24F7NO3/c1-13(15-9-16(25(28,29)30)11-17(10-15)26(31,32)33)37-22-8-7-19(20-12-21(35)24(36)34(20)2)23(22)14-3-5-18(27)6-4-14;1-12(14-8-15(24(27,28)29)10-16(9-14)25(30,31)32)36-21-7-6-18(19-11-20(34)23(35)33-19)22(21)13-2-4-17(26)5-3-13/h3-6,9-11,13,19-23,35H,7-8,12H2,1-2H3;2-5,8-10,12,18-22,34H,6-7,11H2,1H3,(H,33,35)/t13-,19+,20+,21+,22+,23+;12-,18+,19+,20-,21+,22+/m11/s1. The first-order valence-electron chi connectivity index (χ1n) is 23.2. The lowest BCUT2D eigenvalue weighted by Crippen LogP contribution is -2.38. The monoisotopic (exact) mass is 1050 g/mol. The third-order valence-corrected chi connectivity index (χ3v) is 14.4. The van der Waals surface area contributed by atoms with Gasteiger partial charge in [-0.3, -0.25) is 9.59 Å². The smallest absolute Gasteiger partial charge is 0.383 e. The van der Waals surface area contributed by atoms with Crippen LogP contribution >= 0.6 is 0 Å². The van der Waals surface area contributed by atoms with Gasteiger partial charge in [0.05, 0.1) is 46.7 Å². The first kappa shape index (κ1) is 55.4. The van der Waals surface area contributed by atoms with Crippen molar-refractivity contribution in [2.75, 3.05) is 7.05 Å². The van der Waals surface area contributed by atoms with Gasteiger partial charge in [0, 0.05) is 43.8 Å². The fourth-order valence-electron chi connectivity index (χ4n) is 10.9. The van der Waals surface area contributed by atoms with Gasteiger partial charge in [-0.25, -0.2) is 8.78 Å². The number of hydrogen-bond acceptors (Lipinski definition) is 6.